The number of nitrogens with zero attached hydrogens (tertiary/aromatic N) is 4. The Kier molecular flexibility index (Phi) is 4.49. The molecule has 7 heteroatoms. The van der Waals surface area contributed by atoms with Gasteiger partial charge in [-0.25, -0.2) is 9.31 Å². The molecule has 0 unspecified atom stereocenters. The zero-order valence-corrected chi connectivity index (χ0v) is 14.6. The van der Waals surface area contributed by atoms with Gasteiger partial charge >= 0.3 is 5.97 Å². The van der Waals surface area contributed by atoms with Crippen LogP contribution in [0.1, 0.15) is 17.3 Å². The number of para-hydroxylation sites is 1. The maximum atomic E-state index is 12.3. The summed E-state index contributed by atoms with van der Waals surface area (Å²) in [5.41, 5.74) is 1.39. The first-order valence-electron chi connectivity index (χ1n) is 8.47. The van der Waals surface area contributed by atoms with Gasteiger partial charge in [0.25, 0.3) is 0 Å². The Balaban J connectivity index is 1.89. The summed E-state index contributed by atoms with van der Waals surface area (Å²) in [6.07, 6.45) is 3.34. The van der Waals surface area contributed by atoms with Crippen LogP contribution in [0.25, 0.3) is 17.0 Å². The van der Waals surface area contributed by atoms with E-state index in [9.17, 15) is 4.79 Å². The Bertz CT molecular complexity index is 1080. The molecule has 0 aliphatic rings. The molecule has 0 saturated carbocycles. The van der Waals surface area contributed by atoms with Gasteiger partial charge in [-0.1, -0.05) is 24.3 Å². The van der Waals surface area contributed by atoms with Gasteiger partial charge in [0.2, 0.25) is 11.7 Å². The first-order valence-corrected chi connectivity index (χ1v) is 8.47. The van der Waals surface area contributed by atoms with Gasteiger partial charge in [-0.15, -0.1) is 5.10 Å². The Morgan fingerprint density at radius 3 is 2.63 bits per heavy atom. The fourth-order valence-electron chi connectivity index (χ4n) is 2.64. The van der Waals surface area contributed by atoms with E-state index in [0.717, 1.165) is 0 Å². The van der Waals surface area contributed by atoms with E-state index in [1.165, 1.54) is 0 Å². The molecule has 7 nitrogen and oxygen atoms in total. The van der Waals surface area contributed by atoms with E-state index >= 15 is 0 Å². The molecule has 1 aromatic carbocycles. The third kappa shape index (κ3) is 3.35. The fraction of sp³-hybridized carbons (Fsp3) is 0.100. The topological polar surface area (TPSA) is 78.6 Å². The van der Waals surface area contributed by atoms with Crippen molar-refractivity contribution in [1.82, 2.24) is 19.6 Å². The van der Waals surface area contributed by atoms with Crippen LogP contribution in [0.3, 0.4) is 0 Å². The van der Waals surface area contributed by atoms with Gasteiger partial charge in [-0.05, 0) is 37.3 Å². The Morgan fingerprint density at radius 2 is 1.89 bits per heavy atom. The SMILES string of the molecule is CCOC(=O)c1ccn2nc(-c3ccccn3)nc(Oc3ccccc3)c12. The van der Waals surface area contributed by atoms with Crippen LogP contribution in [0.4, 0.5) is 0 Å². The molecule has 134 valence electrons. The van der Waals surface area contributed by atoms with E-state index in [4.69, 9.17) is 9.47 Å². The minimum Gasteiger partial charge on any atom is -0.462 e. The lowest BCUT2D eigenvalue weighted by Crippen LogP contribution is -2.07. The first-order chi connectivity index (χ1) is 13.3. The van der Waals surface area contributed by atoms with Crippen LogP contribution in [0.15, 0.2) is 67.0 Å². The van der Waals surface area contributed by atoms with Crippen LogP contribution >= 0.6 is 0 Å². The molecule has 0 fully saturated rings. The molecule has 0 N–H and O–H groups in total. The molecule has 0 atom stereocenters. The average molecular weight is 360 g/mol. The van der Waals surface area contributed by atoms with E-state index in [-0.39, 0.29) is 12.5 Å². The van der Waals surface area contributed by atoms with Crippen molar-refractivity contribution in [2.45, 2.75) is 6.92 Å². The molecule has 0 bridgehead atoms. The maximum absolute atomic E-state index is 12.3. The summed E-state index contributed by atoms with van der Waals surface area (Å²) in [6.45, 7) is 2.03. The van der Waals surface area contributed by atoms with Crippen molar-refractivity contribution in [3.05, 3.63) is 72.6 Å². The minimum absolute atomic E-state index is 0.255. The molecule has 0 aliphatic heterocycles. The predicted octanol–water partition coefficient (Wildman–Crippen LogP) is 3.76. The second-order valence-electron chi connectivity index (χ2n) is 5.61. The van der Waals surface area contributed by atoms with E-state index in [1.807, 2.05) is 48.5 Å². The molecule has 0 aliphatic carbocycles. The van der Waals surface area contributed by atoms with E-state index < -0.39 is 5.97 Å². The number of pyridine rings is 1. The van der Waals surface area contributed by atoms with E-state index in [2.05, 4.69) is 15.1 Å². The number of carbonyl (C=O) groups is 1. The van der Waals surface area contributed by atoms with Crippen LogP contribution < -0.4 is 4.74 Å². The molecule has 4 rings (SSSR count). The molecule has 27 heavy (non-hydrogen) atoms. The number of carbonyl (C=O) groups excluding carboxylic acids is 1. The van der Waals surface area contributed by atoms with Crippen molar-refractivity contribution in [3.8, 4) is 23.1 Å². The maximum Gasteiger partial charge on any atom is 0.340 e. The monoisotopic (exact) mass is 360 g/mol. The largest absolute Gasteiger partial charge is 0.462 e. The highest BCUT2D eigenvalue weighted by atomic mass is 16.5. The summed E-state index contributed by atoms with van der Waals surface area (Å²) >= 11 is 0. The van der Waals surface area contributed by atoms with Crippen molar-refractivity contribution < 1.29 is 14.3 Å². The molecule has 0 amide bonds. The number of esters is 1. The Morgan fingerprint density at radius 1 is 1.07 bits per heavy atom. The highest BCUT2D eigenvalue weighted by Crippen LogP contribution is 2.29. The van der Waals surface area contributed by atoms with Gasteiger partial charge in [0.15, 0.2) is 0 Å². The number of benzene rings is 1. The lowest BCUT2D eigenvalue weighted by atomic mass is 10.3. The van der Waals surface area contributed by atoms with Gasteiger partial charge in [0, 0.05) is 12.4 Å². The summed E-state index contributed by atoms with van der Waals surface area (Å²) in [4.78, 5) is 21.1. The molecule has 0 spiro atoms. The van der Waals surface area contributed by atoms with Crippen molar-refractivity contribution >= 4 is 11.5 Å². The third-order valence-corrected chi connectivity index (χ3v) is 3.83. The van der Waals surface area contributed by atoms with Crippen LogP contribution in [0.2, 0.25) is 0 Å². The third-order valence-electron chi connectivity index (χ3n) is 3.83. The van der Waals surface area contributed by atoms with Crippen molar-refractivity contribution in [2.75, 3.05) is 6.61 Å². The molecular weight excluding hydrogens is 344 g/mol. The van der Waals surface area contributed by atoms with Gasteiger partial charge in [0.05, 0.1) is 12.2 Å². The number of ether oxygens (including phenoxy) is 2. The summed E-state index contributed by atoms with van der Waals surface area (Å²) in [5, 5.41) is 4.47. The number of hydrogen-bond acceptors (Lipinski definition) is 6. The number of hydrogen-bond donors (Lipinski definition) is 0. The molecule has 4 aromatic rings. The van der Waals surface area contributed by atoms with Crippen LogP contribution in [0.5, 0.6) is 11.6 Å². The molecule has 0 radical (unpaired) electrons. The summed E-state index contributed by atoms with van der Waals surface area (Å²) < 4.78 is 12.7. The van der Waals surface area contributed by atoms with Gasteiger partial charge in [-0.3, -0.25) is 4.98 Å². The smallest absolute Gasteiger partial charge is 0.340 e. The van der Waals surface area contributed by atoms with Crippen LogP contribution in [0, 0.1) is 0 Å². The number of fused-ring (bicyclic) bond motifs is 1. The predicted molar refractivity (Wildman–Crippen MR) is 98.7 cm³/mol. The lowest BCUT2D eigenvalue weighted by Gasteiger charge is -2.10. The zero-order chi connectivity index (χ0) is 18.6. The summed E-state index contributed by atoms with van der Waals surface area (Å²) in [5.74, 6) is 0.790. The number of aromatic nitrogens is 4. The second kappa shape index (κ2) is 7.25. The van der Waals surface area contributed by atoms with Crippen LogP contribution in [-0.4, -0.2) is 32.2 Å². The molecular formula is C20H16N4O3. The normalized spacial score (nSPS) is 10.7. The Hall–Kier alpha value is -3.74. The van der Waals surface area contributed by atoms with Crippen molar-refractivity contribution in [2.24, 2.45) is 0 Å². The van der Waals surface area contributed by atoms with Crippen molar-refractivity contribution in [3.63, 3.8) is 0 Å². The van der Waals surface area contributed by atoms with Crippen molar-refractivity contribution in [1.29, 1.82) is 0 Å². The molecule has 3 heterocycles. The number of rotatable bonds is 5. The molecule has 3 aromatic heterocycles. The van der Waals surface area contributed by atoms with Gasteiger partial charge < -0.3 is 9.47 Å². The quantitative estimate of drug-likeness (QED) is 0.504. The van der Waals surface area contributed by atoms with Gasteiger partial charge in [-0.2, -0.15) is 4.98 Å². The van der Waals surface area contributed by atoms with E-state index in [0.29, 0.717) is 28.3 Å². The van der Waals surface area contributed by atoms with Crippen LogP contribution in [-0.2, 0) is 4.74 Å². The standard InChI is InChI=1S/C20H16N4O3/c1-2-26-20(25)15-11-13-24-17(15)19(27-14-8-4-3-5-9-14)22-18(23-24)16-10-6-7-12-21-16/h3-13H,2H2,1H3. The molecule has 0 saturated heterocycles. The average Bonchev–Trinajstić information content (AvgIpc) is 3.14. The second-order valence-corrected chi connectivity index (χ2v) is 5.61. The Labute approximate surface area is 155 Å². The summed E-state index contributed by atoms with van der Waals surface area (Å²) in [7, 11) is 0. The zero-order valence-electron chi connectivity index (χ0n) is 14.6. The fourth-order valence-corrected chi connectivity index (χ4v) is 2.64. The van der Waals surface area contributed by atoms with Gasteiger partial charge in [0.1, 0.15) is 17.0 Å². The summed E-state index contributed by atoms with van der Waals surface area (Å²) in [6, 6.07) is 16.4. The lowest BCUT2D eigenvalue weighted by molar-refractivity contribution is 0.0528. The highest BCUT2D eigenvalue weighted by molar-refractivity contribution is 5.98. The minimum atomic E-state index is -0.452. The highest BCUT2D eigenvalue weighted by Gasteiger charge is 2.21. The first kappa shape index (κ1) is 16.7. The van der Waals surface area contributed by atoms with E-state index in [1.54, 1.807) is 29.9 Å².